The molecule has 0 aliphatic carbocycles. The van der Waals surface area contributed by atoms with Crippen molar-refractivity contribution < 1.29 is 9.26 Å². The molecule has 1 fully saturated rings. The highest BCUT2D eigenvalue weighted by molar-refractivity contribution is 5.93. The van der Waals surface area contributed by atoms with Crippen molar-refractivity contribution >= 4 is 11.6 Å². The van der Waals surface area contributed by atoms with Crippen LogP contribution in [0.2, 0.25) is 0 Å². The standard InChI is InChI=1S/C24H38N6O2/c1-18(2)31-22-8-6-21(7-9-22)28-24(26-14-10-23-27-20(4)29-32-23)25-13-5-15-30-16-11-19(3)12-17-30/h6-9,18-19H,5,10-17H2,1-4H3,(H2,25,26,28). The molecule has 32 heavy (non-hydrogen) atoms. The molecule has 1 aliphatic heterocycles. The molecule has 1 aromatic carbocycles. The Labute approximate surface area is 191 Å². The summed E-state index contributed by atoms with van der Waals surface area (Å²) in [7, 11) is 0. The Balaban J connectivity index is 1.52. The second kappa shape index (κ2) is 12.4. The zero-order valence-electron chi connectivity index (χ0n) is 19.9. The van der Waals surface area contributed by atoms with E-state index in [2.05, 4.69) is 32.6 Å². The predicted molar refractivity (Wildman–Crippen MR) is 128 cm³/mol. The number of hydrogen-bond acceptors (Lipinski definition) is 6. The molecule has 0 saturated carbocycles. The van der Waals surface area contributed by atoms with E-state index in [1.54, 1.807) is 0 Å². The van der Waals surface area contributed by atoms with Gasteiger partial charge >= 0.3 is 0 Å². The third kappa shape index (κ3) is 8.49. The van der Waals surface area contributed by atoms with Gasteiger partial charge in [-0.25, -0.2) is 0 Å². The van der Waals surface area contributed by atoms with E-state index in [-0.39, 0.29) is 6.10 Å². The Morgan fingerprint density at radius 1 is 1.25 bits per heavy atom. The Bertz CT molecular complexity index is 825. The number of aliphatic imine (C=N–C) groups is 1. The predicted octanol–water partition coefficient (Wildman–Crippen LogP) is 3.89. The molecule has 1 saturated heterocycles. The monoisotopic (exact) mass is 442 g/mol. The van der Waals surface area contributed by atoms with Gasteiger partial charge in [0, 0.05) is 25.2 Å². The number of nitrogens with one attached hydrogen (secondary N) is 2. The molecule has 1 aromatic heterocycles. The first-order valence-electron chi connectivity index (χ1n) is 11.8. The Morgan fingerprint density at radius 3 is 2.66 bits per heavy atom. The zero-order chi connectivity index (χ0) is 22.8. The third-order valence-corrected chi connectivity index (χ3v) is 5.47. The molecule has 2 aromatic rings. The molecule has 0 amide bonds. The van der Waals surface area contributed by atoms with E-state index in [1.165, 1.54) is 25.9 Å². The maximum Gasteiger partial charge on any atom is 0.228 e. The number of benzene rings is 1. The van der Waals surface area contributed by atoms with Crippen LogP contribution >= 0.6 is 0 Å². The minimum absolute atomic E-state index is 0.157. The van der Waals surface area contributed by atoms with Gasteiger partial charge in [-0.05, 0) is 89.9 Å². The van der Waals surface area contributed by atoms with Crippen molar-refractivity contribution in [1.82, 2.24) is 20.4 Å². The van der Waals surface area contributed by atoms with Crippen LogP contribution in [0.3, 0.4) is 0 Å². The highest BCUT2D eigenvalue weighted by Crippen LogP contribution is 2.17. The fourth-order valence-corrected chi connectivity index (χ4v) is 3.67. The number of likely N-dealkylation sites (tertiary alicyclic amines) is 1. The Morgan fingerprint density at radius 2 is 2.00 bits per heavy atom. The lowest BCUT2D eigenvalue weighted by atomic mass is 9.99. The summed E-state index contributed by atoms with van der Waals surface area (Å²) < 4.78 is 10.9. The summed E-state index contributed by atoms with van der Waals surface area (Å²) >= 11 is 0. The van der Waals surface area contributed by atoms with Crippen molar-refractivity contribution in [2.24, 2.45) is 10.9 Å². The number of guanidine groups is 1. The van der Waals surface area contributed by atoms with Crippen LogP contribution in [-0.4, -0.2) is 59.8 Å². The highest BCUT2D eigenvalue weighted by Gasteiger charge is 2.14. The van der Waals surface area contributed by atoms with Crippen molar-refractivity contribution in [3.8, 4) is 5.75 Å². The number of aromatic nitrogens is 2. The minimum Gasteiger partial charge on any atom is -0.491 e. The first kappa shape index (κ1) is 24.0. The highest BCUT2D eigenvalue weighted by atomic mass is 16.5. The topological polar surface area (TPSA) is 87.8 Å². The largest absolute Gasteiger partial charge is 0.491 e. The number of hydrogen-bond donors (Lipinski definition) is 2. The molecule has 0 unspecified atom stereocenters. The molecule has 3 rings (SSSR count). The SMILES string of the molecule is Cc1noc(CCNC(=NCCCN2CCC(C)CC2)Nc2ccc(OC(C)C)cc2)n1. The van der Waals surface area contributed by atoms with E-state index in [9.17, 15) is 0 Å². The molecule has 8 nitrogen and oxygen atoms in total. The molecule has 8 heteroatoms. The second-order valence-corrected chi connectivity index (χ2v) is 8.84. The average Bonchev–Trinajstić information content (AvgIpc) is 3.18. The van der Waals surface area contributed by atoms with E-state index in [4.69, 9.17) is 14.3 Å². The van der Waals surface area contributed by atoms with Crippen LogP contribution in [0, 0.1) is 12.8 Å². The molecule has 0 spiro atoms. The molecule has 1 aliphatic rings. The summed E-state index contributed by atoms with van der Waals surface area (Å²) in [5.74, 6) is 3.77. The molecule has 2 heterocycles. The van der Waals surface area contributed by atoms with Gasteiger partial charge in [0.05, 0.1) is 6.10 Å². The van der Waals surface area contributed by atoms with Gasteiger partial charge < -0.3 is 24.8 Å². The van der Waals surface area contributed by atoms with Gasteiger partial charge in [-0.15, -0.1) is 0 Å². The second-order valence-electron chi connectivity index (χ2n) is 8.84. The van der Waals surface area contributed by atoms with Crippen LogP contribution in [0.15, 0.2) is 33.8 Å². The molecule has 2 N–H and O–H groups in total. The van der Waals surface area contributed by atoms with Crippen molar-refractivity contribution in [2.75, 3.05) is 38.0 Å². The van der Waals surface area contributed by atoms with E-state index in [0.717, 1.165) is 42.8 Å². The van der Waals surface area contributed by atoms with Crippen LogP contribution in [-0.2, 0) is 6.42 Å². The maximum atomic E-state index is 5.73. The lowest BCUT2D eigenvalue weighted by Crippen LogP contribution is -2.34. The van der Waals surface area contributed by atoms with Crippen LogP contribution in [0.1, 0.15) is 51.7 Å². The average molecular weight is 443 g/mol. The number of nitrogens with zero attached hydrogens (tertiary/aromatic N) is 4. The van der Waals surface area contributed by atoms with Crippen LogP contribution in [0.5, 0.6) is 5.75 Å². The molecule has 0 radical (unpaired) electrons. The van der Waals surface area contributed by atoms with Crippen molar-refractivity contribution in [3.63, 3.8) is 0 Å². The lowest BCUT2D eigenvalue weighted by Gasteiger charge is -2.29. The molecular formula is C24H38N6O2. The lowest BCUT2D eigenvalue weighted by molar-refractivity contribution is 0.192. The molecular weight excluding hydrogens is 404 g/mol. The van der Waals surface area contributed by atoms with Crippen LogP contribution in [0.25, 0.3) is 0 Å². The van der Waals surface area contributed by atoms with Crippen LogP contribution < -0.4 is 15.4 Å². The summed E-state index contributed by atoms with van der Waals surface area (Å²) in [5, 5.41) is 10.6. The number of anilines is 1. The minimum atomic E-state index is 0.157. The fourth-order valence-electron chi connectivity index (χ4n) is 3.67. The van der Waals surface area contributed by atoms with E-state index >= 15 is 0 Å². The number of rotatable bonds is 10. The third-order valence-electron chi connectivity index (χ3n) is 5.47. The van der Waals surface area contributed by atoms with Gasteiger partial charge in [0.1, 0.15) is 5.75 Å². The van der Waals surface area contributed by atoms with E-state index in [1.807, 2.05) is 45.0 Å². The summed E-state index contributed by atoms with van der Waals surface area (Å²) in [6.07, 6.45) is 4.47. The first-order chi connectivity index (χ1) is 15.5. The first-order valence-corrected chi connectivity index (χ1v) is 11.8. The molecule has 0 atom stereocenters. The van der Waals surface area contributed by atoms with Gasteiger partial charge in [0.25, 0.3) is 0 Å². The van der Waals surface area contributed by atoms with Crippen molar-refractivity contribution in [3.05, 3.63) is 36.0 Å². The van der Waals surface area contributed by atoms with Crippen molar-refractivity contribution in [1.29, 1.82) is 0 Å². The Hall–Kier alpha value is -2.61. The normalized spacial score (nSPS) is 15.8. The van der Waals surface area contributed by atoms with Gasteiger partial charge in [-0.3, -0.25) is 4.99 Å². The summed E-state index contributed by atoms with van der Waals surface area (Å²) in [4.78, 5) is 11.6. The van der Waals surface area contributed by atoms with E-state index in [0.29, 0.717) is 24.7 Å². The molecule has 176 valence electrons. The summed E-state index contributed by atoms with van der Waals surface area (Å²) in [6, 6.07) is 7.95. The van der Waals surface area contributed by atoms with Gasteiger partial charge in [0.2, 0.25) is 5.89 Å². The van der Waals surface area contributed by atoms with Gasteiger partial charge in [0.15, 0.2) is 11.8 Å². The maximum absolute atomic E-state index is 5.73. The smallest absolute Gasteiger partial charge is 0.228 e. The van der Waals surface area contributed by atoms with Crippen LogP contribution in [0.4, 0.5) is 5.69 Å². The van der Waals surface area contributed by atoms with Gasteiger partial charge in [-0.2, -0.15) is 4.98 Å². The fraction of sp³-hybridized carbons (Fsp3) is 0.625. The number of piperidine rings is 1. The van der Waals surface area contributed by atoms with Crippen molar-refractivity contribution in [2.45, 2.75) is 59.5 Å². The zero-order valence-corrected chi connectivity index (χ0v) is 19.9. The van der Waals surface area contributed by atoms with E-state index < -0.39 is 0 Å². The van der Waals surface area contributed by atoms with Gasteiger partial charge in [-0.1, -0.05) is 12.1 Å². The number of aryl methyl sites for hydroxylation is 1. The molecule has 0 bridgehead atoms. The number of ether oxygens (including phenoxy) is 1. The Kier molecular flexibility index (Phi) is 9.34. The quantitative estimate of drug-likeness (QED) is 0.328. The summed E-state index contributed by atoms with van der Waals surface area (Å²) in [6.45, 7) is 13.2. The summed E-state index contributed by atoms with van der Waals surface area (Å²) in [5.41, 5.74) is 0.964.